The van der Waals surface area contributed by atoms with Crippen LogP contribution in [0.15, 0.2) is 84.9 Å². The molecule has 0 aliphatic carbocycles. The van der Waals surface area contributed by atoms with Crippen LogP contribution in [-0.4, -0.2) is 35.1 Å². The molecule has 0 aromatic heterocycles. The third-order valence-electron chi connectivity index (χ3n) is 6.15. The van der Waals surface area contributed by atoms with Gasteiger partial charge < -0.3 is 15.2 Å². The van der Waals surface area contributed by atoms with Crippen molar-refractivity contribution in [3.8, 4) is 0 Å². The van der Waals surface area contributed by atoms with Gasteiger partial charge in [-0.3, -0.25) is 4.79 Å². The molecule has 0 bridgehead atoms. The highest BCUT2D eigenvalue weighted by atomic mass is 35.5. The SMILES string of the molecule is C[C@H](NC(=O)Cc1cccc(C(=O)O)c1)[C@@H](Cc1ccc(Cl)c(Cl)c1)OC(=O)c1ccc2ccccc2c1. The average molecular weight is 550 g/mol. The van der Waals surface area contributed by atoms with Crippen molar-refractivity contribution in [3.05, 3.63) is 117 Å². The highest BCUT2D eigenvalue weighted by Crippen LogP contribution is 2.24. The van der Waals surface area contributed by atoms with E-state index in [2.05, 4.69) is 5.32 Å². The molecule has 0 heterocycles. The molecule has 6 nitrogen and oxygen atoms in total. The number of rotatable bonds is 9. The first-order valence-corrected chi connectivity index (χ1v) is 12.7. The van der Waals surface area contributed by atoms with Crippen LogP contribution in [-0.2, 0) is 22.4 Å². The number of halogens is 2. The van der Waals surface area contributed by atoms with E-state index >= 15 is 0 Å². The van der Waals surface area contributed by atoms with E-state index in [1.165, 1.54) is 12.1 Å². The first kappa shape index (κ1) is 27.2. The molecule has 2 atom stereocenters. The van der Waals surface area contributed by atoms with Crippen LogP contribution in [0.3, 0.4) is 0 Å². The molecule has 0 unspecified atom stereocenters. The van der Waals surface area contributed by atoms with Gasteiger partial charge in [-0.1, -0.05) is 71.7 Å². The second-order valence-corrected chi connectivity index (χ2v) is 9.81. The lowest BCUT2D eigenvalue weighted by molar-refractivity contribution is -0.121. The standard InChI is InChI=1S/C30H25Cl2NO5/c1-18(33-28(34)16-19-5-4-8-23(13-19)29(35)36)27(15-20-9-12-25(31)26(32)14-20)38-30(37)24-11-10-21-6-2-3-7-22(21)17-24/h2-14,17-18,27H,15-16H2,1H3,(H,33,34)(H,35,36)/t18-,27+/m0/s1. The fourth-order valence-electron chi connectivity index (χ4n) is 4.14. The van der Waals surface area contributed by atoms with Gasteiger partial charge >= 0.3 is 11.9 Å². The van der Waals surface area contributed by atoms with E-state index in [0.717, 1.165) is 16.3 Å². The Labute approximate surface area is 230 Å². The predicted octanol–water partition coefficient (Wildman–Crippen LogP) is 6.36. The average Bonchev–Trinajstić information content (AvgIpc) is 2.90. The zero-order valence-corrected chi connectivity index (χ0v) is 22.0. The quantitative estimate of drug-likeness (QED) is 0.237. The summed E-state index contributed by atoms with van der Waals surface area (Å²) in [7, 11) is 0. The molecule has 0 fully saturated rings. The highest BCUT2D eigenvalue weighted by Gasteiger charge is 2.25. The Bertz CT molecular complexity index is 1500. The number of benzene rings is 4. The van der Waals surface area contributed by atoms with Gasteiger partial charge in [-0.15, -0.1) is 0 Å². The second kappa shape index (κ2) is 12.1. The van der Waals surface area contributed by atoms with Crippen molar-refractivity contribution >= 4 is 51.8 Å². The molecule has 0 aliphatic rings. The van der Waals surface area contributed by atoms with Gasteiger partial charge in [0.2, 0.25) is 5.91 Å². The van der Waals surface area contributed by atoms with Crippen LogP contribution >= 0.6 is 23.2 Å². The number of nitrogens with one attached hydrogen (secondary N) is 1. The molecule has 4 aromatic rings. The molecule has 0 saturated heterocycles. The van der Waals surface area contributed by atoms with E-state index in [4.69, 9.17) is 27.9 Å². The lowest BCUT2D eigenvalue weighted by Crippen LogP contribution is -2.45. The molecule has 2 N–H and O–H groups in total. The van der Waals surface area contributed by atoms with Gasteiger partial charge in [0.15, 0.2) is 0 Å². The van der Waals surface area contributed by atoms with Crippen LogP contribution in [0, 0.1) is 0 Å². The largest absolute Gasteiger partial charge is 0.478 e. The second-order valence-electron chi connectivity index (χ2n) is 9.00. The van der Waals surface area contributed by atoms with Crippen molar-refractivity contribution in [2.24, 2.45) is 0 Å². The lowest BCUT2D eigenvalue weighted by atomic mass is 10.0. The summed E-state index contributed by atoms with van der Waals surface area (Å²) in [6.07, 6.45) is -0.462. The molecule has 194 valence electrons. The number of carbonyl (C=O) groups excluding carboxylic acids is 2. The molecule has 8 heteroatoms. The van der Waals surface area contributed by atoms with Crippen LogP contribution in [0.2, 0.25) is 10.0 Å². The highest BCUT2D eigenvalue weighted by molar-refractivity contribution is 6.42. The topological polar surface area (TPSA) is 92.7 Å². The number of ether oxygens (including phenoxy) is 1. The molecule has 0 spiro atoms. The number of carbonyl (C=O) groups is 3. The van der Waals surface area contributed by atoms with Crippen molar-refractivity contribution in [3.63, 3.8) is 0 Å². The Morgan fingerprint density at radius 2 is 1.58 bits per heavy atom. The summed E-state index contributed by atoms with van der Waals surface area (Å²) in [6.45, 7) is 1.75. The van der Waals surface area contributed by atoms with Crippen LogP contribution in [0.4, 0.5) is 0 Å². The first-order valence-electron chi connectivity index (χ1n) is 11.9. The normalized spacial score (nSPS) is 12.5. The molecular formula is C30H25Cl2NO5. The van der Waals surface area contributed by atoms with Gasteiger partial charge in [-0.2, -0.15) is 0 Å². The summed E-state index contributed by atoms with van der Waals surface area (Å²) in [4.78, 5) is 37.2. The fraction of sp³-hybridized carbons (Fsp3) is 0.167. The molecule has 0 radical (unpaired) electrons. The van der Waals surface area contributed by atoms with E-state index in [0.29, 0.717) is 21.2 Å². The van der Waals surface area contributed by atoms with Crippen molar-refractivity contribution in [2.45, 2.75) is 31.9 Å². The molecule has 4 rings (SSSR count). The van der Waals surface area contributed by atoms with E-state index in [1.54, 1.807) is 49.4 Å². The summed E-state index contributed by atoms with van der Waals surface area (Å²) in [5.74, 6) is -1.92. The smallest absolute Gasteiger partial charge is 0.338 e. The Morgan fingerprint density at radius 1 is 0.816 bits per heavy atom. The number of hydrogen-bond donors (Lipinski definition) is 2. The number of hydrogen-bond acceptors (Lipinski definition) is 4. The lowest BCUT2D eigenvalue weighted by Gasteiger charge is -2.26. The number of fused-ring (bicyclic) bond motifs is 1. The van der Waals surface area contributed by atoms with Gasteiger partial charge in [-0.25, -0.2) is 9.59 Å². The summed E-state index contributed by atoms with van der Waals surface area (Å²) in [5.41, 5.74) is 1.84. The summed E-state index contributed by atoms with van der Waals surface area (Å²) >= 11 is 12.2. The Hall–Kier alpha value is -3.87. The maximum atomic E-state index is 13.2. The van der Waals surface area contributed by atoms with Crippen LogP contribution in [0.1, 0.15) is 38.8 Å². The minimum absolute atomic E-state index is 0.0242. The third-order valence-corrected chi connectivity index (χ3v) is 6.89. The summed E-state index contributed by atoms with van der Waals surface area (Å²) in [6, 6.07) is 23.8. The van der Waals surface area contributed by atoms with Gasteiger partial charge in [-0.05, 0) is 65.2 Å². The molecule has 0 aliphatic heterocycles. The Morgan fingerprint density at radius 3 is 2.32 bits per heavy atom. The minimum atomic E-state index is -1.07. The van der Waals surface area contributed by atoms with E-state index in [1.807, 2.05) is 30.3 Å². The third kappa shape index (κ3) is 6.91. The zero-order valence-electron chi connectivity index (χ0n) is 20.5. The monoisotopic (exact) mass is 549 g/mol. The molecular weight excluding hydrogens is 525 g/mol. The molecule has 38 heavy (non-hydrogen) atoms. The van der Waals surface area contributed by atoms with Crippen LogP contribution in [0.5, 0.6) is 0 Å². The number of carboxylic acids is 1. The molecule has 1 amide bonds. The number of carboxylic acid groups (broad SMARTS) is 1. The van der Waals surface area contributed by atoms with Crippen molar-refractivity contribution in [1.29, 1.82) is 0 Å². The number of esters is 1. The Kier molecular flexibility index (Phi) is 8.66. The van der Waals surface area contributed by atoms with Crippen molar-refractivity contribution in [1.82, 2.24) is 5.32 Å². The number of aromatic carboxylic acids is 1. The zero-order chi connectivity index (χ0) is 27.2. The fourth-order valence-corrected chi connectivity index (χ4v) is 4.46. The van der Waals surface area contributed by atoms with Gasteiger partial charge in [0.25, 0.3) is 0 Å². The first-order chi connectivity index (χ1) is 18.2. The van der Waals surface area contributed by atoms with E-state index < -0.39 is 24.1 Å². The van der Waals surface area contributed by atoms with Crippen molar-refractivity contribution in [2.75, 3.05) is 0 Å². The van der Waals surface area contributed by atoms with Crippen LogP contribution < -0.4 is 5.32 Å². The number of amides is 1. The van der Waals surface area contributed by atoms with Crippen molar-refractivity contribution < 1.29 is 24.2 Å². The van der Waals surface area contributed by atoms with Gasteiger partial charge in [0.1, 0.15) is 6.10 Å². The molecule has 0 saturated carbocycles. The predicted molar refractivity (Wildman–Crippen MR) is 148 cm³/mol. The maximum Gasteiger partial charge on any atom is 0.338 e. The molecule has 4 aromatic carbocycles. The van der Waals surface area contributed by atoms with Crippen LogP contribution in [0.25, 0.3) is 10.8 Å². The Balaban J connectivity index is 1.52. The van der Waals surface area contributed by atoms with E-state index in [9.17, 15) is 19.5 Å². The van der Waals surface area contributed by atoms with Gasteiger partial charge in [0.05, 0.1) is 33.6 Å². The minimum Gasteiger partial charge on any atom is -0.478 e. The summed E-state index contributed by atoms with van der Waals surface area (Å²) < 4.78 is 5.92. The van der Waals surface area contributed by atoms with Gasteiger partial charge in [0, 0.05) is 6.42 Å². The maximum absolute atomic E-state index is 13.2. The van der Waals surface area contributed by atoms with E-state index in [-0.39, 0.29) is 24.3 Å². The summed E-state index contributed by atoms with van der Waals surface area (Å²) in [5, 5.41) is 14.8.